The number of hydrogen-bond donors (Lipinski definition) is 2. The number of piperazine rings is 1. The van der Waals surface area contributed by atoms with Gasteiger partial charge in [0.1, 0.15) is 0 Å². The topological polar surface area (TPSA) is 120 Å². The molecule has 212 valence electrons. The molecule has 1 saturated heterocycles. The Morgan fingerprint density at radius 3 is 2.41 bits per heavy atom. The number of aryl methyl sites for hydroxylation is 1. The van der Waals surface area contributed by atoms with Gasteiger partial charge < -0.3 is 19.9 Å². The van der Waals surface area contributed by atoms with Crippen molar-refractivity contribution in [3.63, 3.8) is 0 Å². The number of anilines is 3. The van der Waals surface area contributed by atoms with Crippen molar-refractivity contribution in [2.75, 3.05) is 75.9 Å². The first-order valence-electron chi connectivity index (χ1n) is 13.1. The van der Waals surface area contributed by atoms with E-state index in [1.165, 1.54) is 11.8 Å². The number of nitrogens with one attached hydrogen (secondary N) is 2. The summed E-state index contributed by atoms with van der Waals surface area (Å²) in [5.41, 5.74) is 0.926. The van der Waals surface area contributed by atoms with Crippen LogP contribution in [0.4, 0.5) is 17.5 Å². The van der Waals surface area contributed by atoms with Gasteiger partial charge in [-0.25, -0.2) is 18.4 Å². The molecule has 2 N–H and O–H groups in total. The van der Waals surface area contributed by atoms with E-state index < -0.39 is 9.84 Å². The van der Waals surface area contributed by atoms with Gasteiger partial charge in [0.05, 0.1) is 17.3 Å². The van der Waals surface area contributed by atoms with Gasteiger partial charge in [-0.2, -0.15) is 5.10 Å². The Labute approximate surface area is 235 Å². The first kappa shape index (κ1) is 29.1. The van der Waals surface area contributed by atoms with E-state index in [1.807, 2.05) is 19.9 Å². The quantitative estimate of drug-likeness (QED) is 0.310. The van der Waals surface area contributed by atoms with Crippen LogP contribution in [0.3, 0.4) is 0 Å². The summed E-state index contributed by atoms with van der Waals surface area (Å²) in [6.07, 6.45) is 0. The fourth-order valence-corrected chi connectivity index (χ4v) is 5.79. The van der Waals surface area contributed by atoms with E-state index in [4.69, 9.17) is 14.7 Å². The number of ether oxygens (including phenoxy) is 1. The molecular formula is C26H38N8O3S2. The molecule has 0 radical (unpaired) electrons. The van der Waals surface area contributed by atoms with Crippen LogP contribution in [0.25, 0.3) is 0 Å². The SMILES string of the molecule is CCOc1c(Nc2cc(C)[nH]n2)nc(Sc2ccc(S(=O)(=O)CC)cc2)nc1N1CCN(CCN(C)C)CC1. The molecule has 1 aromatic carbocycles. The second-order valence-electron chi connectivity index (χ2n) is 9.61. The van der Waals surface area contributed by atoms with Gasteiger partial charge in [-0.1, -0.05) is 6.92 Å². The second-order valence-corrected chi connectivity index (χ2v) is 12.9. The van der Waals surface area contributed by atoms with Gasteiger partial charge in [-0.3, -0.25) is 10.00 Å². The summed E-state index contributed by atoms with van der Waals surface area (Å²) < 4.78 is 30.6. The summed E-state index contributed by atoms with van der Waals surface area (Å²) in [5.74, 6) is 2.57. The van der Waals surface area contributed by atoms with E-state index in [-0.39, 0.29) is 5.75 Å². The summed E-state index contributed by atoms with van der Waals surface area (Å²) in [7, 11) is 0.923. The second kappa shape index (κ2) is 13.0. The maximum atomic E-state index is 12.2. The number of aromatic amines is 1. The molecule has 0 atom stereocenters. The summed E-state index contributed by atoms with van der Waals surface area (Å²) in [6.45, 7) is 11.5. The molecule has 2 aromatic heterocycles. The molecule has 0 spiro atoms. The summed E-state index contributed by atoms with van der Waals surface area (Å²) in [5, 5.41) is 11.1. The normalized spacial score (nSPS) is 14.7. The Morgan fingerprint density at radius 2 is 1.82 bits per heavy atom. The minimum absolute atomic E-state index is 0.0644. The highest BCUT2D eigenvalue weighted by molar-refractivity contribution is 7.99. The van der Waals surface area contributed by atoms with Crippen LogP contribution in [0.15, 0.2) is 45.3 Å². The van der Waals surface area contributed by atoms with E-state index in [0.717, 1.165) is 55.7 Å². The van der Waals surface area contributed by atoms with Crippen molar-refractivity contribution in [1.29, 1.82) is 0 Å². The van der Waals surface area contributed by atoms with E-state index >= 15 is 0 Å². The van der Waals surface area contributed by atoms with Gasteiger partial charge in [-0.05, 0) is 64.0 Å². The van der Waals surface area contributed by atoms with Crippen molar-refractivity contribution in [3.05, 3.63) is 36.0 Å². The third kappa shape index (κ3) is 7.62. The molecule has 1 fully saturated rings. The van der Waals surface area contributed by atoms with Crippen LogP contribution in [0.5, 0.6) is 5.75 Å². The van der Waals surface area contributed by atoms with E-state index in [2.05, 4.69) is 44.3 Å². The van der Waals surface area contributed by atoms with Crippen molar-refractivity contribution in [2.24, 2.45) is 0 Å². The number of H-pyrrole nitrogens is 1. The Hall–Kier alpha value is -2.87. The lowest BCUT2D eigenvalue weighted by atomic mass is 10.3. The van der Waals surface area contributed by atoms with E-state index in [1.54, 1.807) is 31.2 Å². The van der Waals surface area contributed by atoms with Gasteiger partial charge in [-0.15, -0.1) is 0 Å². The lowest BCUT2D eigenvalue weighted by Gasteiger charge is -2.36. The van der Waals surface area contributed by atoms with Gasteiger partial charge >= 0.3 is 0 Å². The zero-order valence-electron chi connectivity index (χ0n) is 23.3. The van der Waals surface area contributed by atoms with Gasteiger partial charge in [0.2, 0.25) is 5.75 Å². The minimum Gasteiger partial charge on any atom is -0.487 e. The van der Waals surface area contributed by atoms with Crippen LogP contribution in [0.2, 0.25) is 0 Å². The number of hydrogen-bond acceptors (Lipinski definition) is 11. The molecule has 1 aliphatic rings. The average Bonchev–Trinajstić information content (AvgIpc) is 3.33. The first-order valence-corrected chi connectivity index (χ1v) is 15.6. The monoisotopic (exact) mass is 574 g/mol. The molecule has 3 aromatic rings. The first-order chi connectivity index (χ1) is 18.7. The van der Waals surface area contributed by atoms with Crippen LogP contribution >= 0.6 is 11.8 Å². The van der Waals surface area contributed by atoms with Crippen molar-refractivity contribution in [1.82, 2.24) is 30.0 Å². The fraction of sp³-hybridized carbons (Fsp3) is 0.500. The number of sulfone groups is 1. The van der Waals surface area contributed by atoms with Crippen molar-refractivity contribution < 1.29 is 13.2 Å². The molecule has 0 aliphatic carbocycles. The zero-order chi connectivity index (χ0) is 28.0. The molecule has 0 unspecified atom stereocenters. The lowest BCUT2D eigenvalue weighted by molar-refractivity contribution is 0.228. The number of rotatable bonds is 12. The molecular weight excluding hydrogens is 536 g/mol. The molecule has 0 amide bonds. The van der Waals surface area contributed by atoms with E-state index in [9.17, 15) is 8.42 Å². The molecule has 3 heterocycles. The molecule has 0 saturated carbocycles. The van der Waals surface area contributed by atoms with Crippen LogP contribution < -0.4 is 15.0 Å². The summed E-state index contributed by atoms with van der Waals surface area (Å²) >= 11 is 1.38. The summed E-state index contributed by atoms with van der Waals surface area (Å²) in [6, 6.07) is 8.76. The smallest absolute Gasteiger partial charge is 0.205 e. The third-order valence-corrected chi connectivity index (χ3v) is 9.00. The maximum absolute atomic E-state index is 12.2. The molecule has 13 heteroatoms. The molecule has 1 aliphatic heterocycles. The highest BCUT2D eigenvalue weighted by Crippen LogP contribution is 2.38. The minimum atomic E-state index is -3.26. The number of likely N-dealkylation sites (N-methyl/N-ethyl adjacent to an activating group) is 1. The van der Waals surface area contributed by atoms with Crippen LogP contribution in [-0.2, 0) is 9.84 Å². The van der Waals surface area contributed by atoms with Gasteiger partial charge in [0.25, 0.3) is 0 Å². The zero-order valence-corrected chi connectivity index (χ0v) is 24.9. The largest absolute Gasteiger partial charge is 0.487 e. The highest BCUT2D eigenvalue weighted by atomic mass is 32.2. The van der Waals surface area contributed by atoms with Crippen molar-refractivity contribution in [2.45, 2.75) is 35.7 Å². The Bertz CT molecular complexity index is 1340. The number of benzene rings is 1. The highest BCUT2D eigenvalue weighted by Gasteiger charge is 2.26. The third-order valence-electron chi connectivity index (χ3n) is 6.38. The molecule has 4 rings (SSSR count). The standard InChI is InChI=1S/C26H38N8O3S2/c1-6-37-23-24(27-22-18-19(3)30-31-22)28-26(38-20-8-10-21(11-9-20)39(35,36)7-2)29-25(23)34-16-14-33(15-17-34)13-12-32(4)5/h8-11,18H,6-7,12-17H2,1-5H3,(H2,27,28,29,30,31). The predicted molar refractivity (Wildman–Crippen MR) is 155 cm³/mol. The van der Waals surface area contributed by atoms with Crippen molar-refractivity contribution >= 4 is 39.1 Å². The molecule has 0 bridgehead atoms. The number of nitrogens with zero attached hydrogens (tertiary/aromatic N) is 6. The van der Waals surface area contributed by atoms with E-state index in [0.29, 0.717) is 34.0 Å². The van der Waals surface area contributed by atoms with Gasteiger partial charge in [0, 0.05) is 55.9 Å². The van der Waals surface area contributed by atoms with Crippen LogP contribution in [0.1, 0.15) is 19.5 Å². The Balaban J connectivity index is 1.65. The predicted octanol–water partition coefficient (Wildman–Crippen LogP) is 3.28. The lowest BCUT2D eigenvalue weighted by Crippen LogP contribution is -2.48. The Morgan fingerprint density at radius 1 is 1.10 bits per heavy atom. The average molecular weight is 575 g/mol. The Kier molecular flexibility index (Phi) is 9.70. The van der Waals surface area contributed by atoms with Crippen molar-refractivity contribution in [3.8, 4) is 5.75 Å². The molecule has 39 heavy (non-hydrogen) atoms. The maximum Gasteiger partial charge on any atom is 0.205 e. The number of aromatic nitrogens is 4. The van der Waals surface area contributed by atoms with Crippen LogP contribution in [0, 0.1) is 6.92 Å². The molecule has 11 nitrogen and oxygen atoms in total. The van der Waals surface area contributed by atoms with Gasteiger partial charge in [0.15, 0.2) is 32.4 Å². The van der Waals surface area contributed by atoms with Crippen LogP contribution in [-0.4, -0.2) is 104 Å². The fourth-order valence-electron chi connectivity index (χ4n) is 4.16. The summed E-state index contributed by atoms with van der Waals surface area (Å²) in [4.78, 5) is 17.8.